The number of halogens is 1. The van der Waals surface area contributed by atoms with E-state index >= 15 is 0 Å². The number of rotatable bonds is 9. The molecule has 162 valence electrons. The first-order valence-electron chi connectivity index (χ1n) is 9.64. The van der Waals surface area contributed by atoms with Crippen molar-refractivity contribution in [3.63, 3.8) is 0 Å². The first-order chi connectivity index (χ1) is 14.2. The van der Waals surface area contributed by atoms with Crippen molar-refractivity contribution >= 4 is 49.1 Å². The highest BCUT2D eigenvalue weighted by Crippen LogP contribution is 2.29. The van der Waals surface area contributed by atoms with Crippen LogP contribution in [0.3, 0.4) is 0 Å². The highest BCUT2D eigenvalue weighted by atomic mass is 35.5. The number of benzene rings is 1. The van der Waals surface area contributed by atoms with Crippen molar-refractivity contribution in [2.75, 3.05) is 25.9 Å². The van der Waals surface area contributed by atoms with Crippen LogP contribution < -0.4 is 5.32 Å². The van der Waals surface area contributed by atoms with Gasteiger partial charge in [0, 0.05) is 30.0 Å². The Labute approximate surface area is 185 Å². The molecule has 3 rings (SSSR count). The van der Waals surface area contributed by atoms with Gasteiger partial charge in [-0.1, -0.05) is 36.7 Å². The van der Waals surface area contributed by atoms with Crippen molar-refractivity contribution in [1.29, 1.82) is 0 Å². The summed E-state index contributed by atoms with van der Waals surface area (Å²) in [5, 5.41) is 9.10. The Morgan fingerprint density at radius 3 is 2.73 bits per heavy atom. The summed E-state index contributed by atoms with van der Waals surface area (Å²) in [5.74, 6) is -0.165. The summed E-state index contributed by atoms with van der Waals surface area (Å²) in [6.07, 6.45) is 1.75. The standard InChI is InChI=1S/C20H25ClN4O3S2/c1-4-24(30(3,27)28)11-7-10-22-19(26)18-12-16-14(2)23-25(20(16)29-18)13-15-8-5-6-9-17(15)21/h5-6,8-9,12H,4,7,10-11,13H2,1-3H3,(H,22,26). The van der Waals surface area contributed by atoms with Gasteiger partial charge in [-0.05, 0) is 31.0 Å². The minimum absolute atomic E-state index is 0.165. The van der Waals surface area contributed by atoms with Crippen molar-refractivity contribution in [1.82, 2.24) is 19.4 Å². The predicted molar refractivity (Wildman–Crippen MR) is 122 cm³/mol. The van der Waals surface area contributed by atoms with E-state index in [-0.39, 0.29) is 5.91 Å². The lowest BCUT2D eigenvalue weighted by Crippen LogP contribution is -2.33. The fourth-order valence-electron chi connectivity index (χ4n) is 3.22. The number of thiophene rings is 1. The van der Waals surface area contributed by atoms with Crippen LogP contribution in [0.4, 0.5) is 0 Å². The van der Waals surface area contributed by atoms with Gasteiger partial charge in [0.05, 0.1) is 23.4 Å². The van der Waals surface area contributed by atoms with Crippen LogP contribution in [0.5, 0.6) is 0 Å². The Morgan fingerprint density at radius 1 is 1.33 bits per heavy atom. The van der Waals surface area contributed by atoms with Gasteiger partial charge < -0.3 is 5.32 Å². The predicted octanol–water partition coefficient (Wildman–Crippen LogP) is 3.51. The van der Waals surface area contributed by atoms with Gasteiger partial charge in [-0.2, -0.15) is 5.10 Å². The van der Waals surface area contributed by atoms with Crippen molar-refractivity contribution in [2.24, 2.45) is 0 Å². The van der Waals surface area contributed by atoms with E-state index in [2.05, 4.69) is 10.4 Å². The molecule has 0 unspecified atom stereocenters. The van der Waals surface area contributed by atoms with Crippen LogP contribution in [0.15, 0.2) is 30.3 Å². The smallest absolute Gasteiger partial charge is 0.261 e. The highest BCUT2D eigenvalue weighted by molar-refractivity contribution is 7.88. The minimum atomic E-state index is -3.21. The quantitative estimate of drug-likeness (QED) is 0.487. The van der Waals surface area contributed by atoms with E-state index in [1.807, 2.05) is 41.9 Å². The molecule has 0 aliphatic heterocycles. The largest absolute Gasteiger partial charge is 0.351 e. The van der Waals surface area contributed by atoms with Gasteiger partial charge in [0.2, 0.25) is 10.0 Å². The summed E-state index contributed by atoms with van der Waals surface area (Å²) >= 11 is 7.67. The number of carbonyl (C=O) groups is 1. The van der Waals surface area contributed by atoms with E-state index in [0.717, 1.165) is 21.5 Å². The van der Waals surface area contributed by atoms with Crippen LogP contribution in [-0.2, 0) is 16.6 Å². The summed E-state index contributed by atoms with van der Waals surface area (Å²) in [5.41, 5.74) is 1.83. The first kappa shape index (κ1) is 22.7. The number of hydrogen-bond acceptors (Lipinski definition) is 5. The molecule has 10 heteroatoms. The third-order valence-electron chi connectivity index (χ3n) is 4.80. The fourth-order valence-corrected chi connectivity index (χ4v) is 5.43. The molecular formula is C20H25ClN4O3S2. The molecule has 0 aliphatic rings. The first-order valence-corrected chi connectivity index (χ1v) is 12.7. The molecular weight excluding hydrogens is 444 g/mol. The zero-order chi connectivity index (χ0) is 21.9. The number of hydrogen-bond donors (Lipinski definition) is 1. The lowest BCUT2D eigenvalue weighted by molar-refractivity contribution is 0.0957. The number of fused-ring (bicyclic) bond motifs is 1. The topological polar surface area (TPSA) is 84.3 Å². The maximum atomic E-state index is 12.6. The van der Waals surface area contributed by atoms with E-state index in [1.54, 1.807) is 6.92 Å². The molecule has 1 aromatic carbocycles. The lowest BCUT2D eigenvalue weighted by atomic mass is 10.2. The molecule has 30 heavy (non-hydrogen) atoms. The van der Waals surface area contributed by atoms with Crippen LogP contribution >= 0.6 is 22.9 Å². The Kier molecular flexibility index (Phi) is 7.18. The molecule has 7 nitrogen and oxygen atoms in total. The highest BCUT2D eigenvalue weighted by Gasteiger charge is 2.17. The zero-order valence-electron chi connectivity index (χ0n) is 17.2. The molecule has 0 fully saturated rings. The van der Waals surface area contributed by atoms with Gasteiger partial charge >= 0.3 is 0 Å². The van der Waals surface area contributed by atoms with Gasteiger partial charge in [-0.25, -0.2) is 12.7 Å². The Bertz CT molecular complexity index is 1150. The van der Waals surface area contributed by atoms with E-state index in [1.165, 1.54) is 21.9 Å². The van der Waals surface area contributed by atoms with Gasteiger partial charge in [0.1, 0.15) is 4.83 Å². The van der Waals surface area contributed by atoms with Crippen molar-refractivity contribution in [3.05, 3.63) is 51.5 Å². The summed E-state index contributed by atoms with van der Waals surface area (Å²) in [4.78, 5) is 14.1. The normalized spacial score (nSPS) is 12.0. The summed E-state index contributed by atoms with van der Waals surface area (Å²) in [6.45, 7) is 5.46. The number of nitrogens with zero attached hydrogens (tertiary/aromatic N) is 3. The third-order valence-corrected chi connectivity index (χ3v) is 7.70. The van der Waals surface area contributed by atoms with Crippen LogP contribution in [0.25, 0.3) is 10.2 Å². The molecule has 0 saturated carbocycles. The van der Waals surface area contributed by atoms with Gasteiger partial charge in [0.25, 0.3) is 5.91 Å². The zero-order valence-corrected chi connectivity index (χ0v) is 19.6. The van der Waals surface area contributed by atoms with Gasteiger partial charge in [0.15, 0.2) is 0 Å². The molecule has 1 amide bonds. The monoisotopic (exact) mass is 468 g/mol. The van der Waals surface area contributed by atoms with E-state index in [4.69, 9.17) is 11.6 Å². The lowest BCUT2D eigenvalue weighted by Gasteiger charge is -2.17. The van der Waals surface area contributed by atoms with E-state index in [9.17, 15) is 13.2 Å². The SMILES string of the molecule is CCN(CCCNC(=O)c1cc2c(C)nn(Cc3ccccc3Cl)c2s1)S(C)(=O)=O. The number of amides is 1. The van der Waals surface area contributed by atoms with Crippen LogP contribution in [0.1, 0.15) is 34.3 Å². The molecule has 0 saturated heterocycles. The summed E-state index contributed by atoms with van der Waals surface area (Å²) in [6, 6.07) is 9.49. The van der Waals surface area contributed by atoms with Crippen molar-refractivity contribution in [2.45, 2.75) is 26.8 Å². The van der Waals surface area contributed by atoms with Crippen LogP contribution in [0.2, 0.25) is 5.02 Å². The molecule has 1 N–H and O–H groups in total. The average molecular weight is 469 g/mol. The molecule has 0 aliphatic carbocycles. The third kappa shape index (κ3) is 5.21. The van der Waals surface area contributed by atoms with Gasteiger partial charge in [-0.3, -0.25) is 9.48 Å². The average Bonchev–Trinajstić information content (AvgIpc) is 3.24. The molecule has 0 spiro atoms. The second-order valence-corrected chi connectivity index (χ2v) is 10.4. The fraction of sp³-hybridized carbons (Fsp3) is 0.400. The second kappa shape index (κ2) is 9.47. The minimum Gasteiger partial charge on any atom is -0.351 e. The van der Waals surface area contributed by atoms with Crippen LogP contribution in [-0.4, -0.2) is 54.3 Å². The number of nitrogens with one attached hydrogen (secondary N) is 1. The Balaban J connectivity index is 1.67. The molecule has 0 radical (unpaired) electrons. The number of carbonyl (C=O) groups excluding carboxylic acids is 1. The molecule has 0 bridgehead atoms. The Morgan fingerprint density at radius 2 is 2.07 bits per heavy atom. The molecule has 2 aromatic heterocycles. The van der Waals surface area contributed by atoms with Crippen molar-refractivity contribution in [3.8, 4) is 0 Å². The summed E-state index contributed by atoms with van der Waals surface area (Å²) in [7, 11) is -3.21. The number of aromatic nitrogens is 2. The van der Waals surface area contributed by atoms with E-state index < -0.39 is 10.0 Å². The number of aryl methyl sites for hydroxylation is 1. The maximum Gasteiger partial charge on any atom is 0.261 e. The Hall–Kier alpha value is -1.94. The van der Waals surface area contributed by atoms with Crippen LogP contribution in [0, 0.1) is 6.92 Å². The molecule has 0 atom stereocenters. The second-order valence-electron chi connectivity index (χ2n) is 7.03. The summed E-state index contributed by atoms with van der Waals surface area (Å²) < 4.78 is 26.5. The molecule has 3 aromatic rings. The van der Waals surface area contributed by atoms with Crippen molar-refractivity contribution < 1.29 is 13.2 Å². The maximum absolute atomic E-state index is 12.6. The molecule has 2 heterocycles. The van der Waals surface area contributed by atoms with Gasteiger partial charge in [-0.15, -0.1) is 11.3 Å². The number of sulfonamides is 1. The van der Waals surface area contributed by atoms with E-state index in [0.29, 0.717) is 42.5 Å².